The molecule has 0 spiro atoms. The van der Waals surface area contributed by atoms with Crippen LogP contribution in [-0.4, -0.2) is 26.2 Å². The third-order valence-corrected chi connectivity index (χ3v) is 4.33. The van der Waals surface area contributed by atoms with Gasteiger partial charge >= 0.3 is 6.18 Å². The Morgan fingerprint density at radius 3 is 2.24 bits per heavy atom. The van der Waals surface area contributed by atoms with Gasteiger partial charge in [-0.2, -0.15) is 13.2 Å². The molecule has 1 unspecified atom stereocenters. The Morgan fingerprint density at radius 1 is 1.19 bits per heavy atom. The fourth-order valence-corrected chi connectivity index (χ4v) is 2.74. The molecular formula is C13H18F3NO3S. The van der Waals surface area contributed by atoms with Crippen LogP contribution in [0.1, 0.15) is 37.9 Å². The molecule has 0 aromatic heterocycles. The molecule has 2 N–H and O–H groups in total. The number of unbranched alkanes of at least 4 members (excludes halogenated alkanes) is 1. The van der Waals surface area contributed by atoms with Crippen molar-refractivity contribution in [2.24, 2.45) is 0 Å². The maximum absolute atomic E-state index is 11.9. The van der Waals surface area contributed by atoms with E-state index in [1.807, 2.05) is 0 Å². The van der Waals surface area contributed by atoms with Gasteiger partial charge in [-0.3, -0.25) is 0 Å². The number of rotatable bonds is 7. The molecule has 120 valence electrons. The van der Waals surface area contributed by atoms with Gasteiger partial charge in [-0.1, -0.05) is 12.1 Å². The number of aliphatic hydroxyl groups excluding tert-OH is 1. The average molecular weight is 325 g/mol. The largest absolute Gasteiger partial charge is 0.389 e. The third-order valence-electron chi connectivity index (χ3n) is 2.85. The van der Waals surface area contributed by atoms with Gasteiger partial charge in [0.15, 0.2) is 0 Å². The number of nitrogens with one attached hydrogen (secondary N) is 1. The molecule has 0 saturated heterocycles. The zero-order valence-corrected chi connectivity index (χ0v) is 12.3. The highest BCUT2D eigenvalue weighted by atomic mass is 32.2. The number of sulfonamides is 1. The van der Waals surface area contributed by atoms with Crippen LogP contribution in [0.2, 0.25) is 0 Å². The van der Waals surface area contributed by atoms with E-state index in [1.165, 1.54) is 24.3 Å². The van der Waals surface area contributed by atoms with E-state index in [2.05, 4.69) is 4.72 Å². The number of alkyl halides is 3. The normalized spacial score (nSPS) is 14.1. The summed E-state index contributed by atoms with van der Waals surface area (Å²) in [6, 6.07) is 5.67. The van der Waals surface area contributed by atoms with Crippen molar-refractivity contribution < 1.29 is 26.7 Å². The zero-order valence-electron chi connectivity index (χ0n) is 11.5. The van der Waals surface area contributed by atoms with Gasteiger partial charge in [0.1, 0.15) is 0 Å². The highest BCUT2D eigenvalue weighted by Gasteiger charge is 2.25. The molecule has 0 amide bonds. The van der Waals surface area contributed by atoms with Gasteiger partial charge in [0.25, 0.3) is 0 Å². The summed E-state index contributed by atoms with van der Waals surface area (Å²) in [5, 5.41) is 9.33. The van der Waals surface area contributed by atoms with Crippen LogP contribution in [0, 0.1) is 0 Å². The quantitative estimate of drug-likeness (QED) is 0.758. The van der Waals surface area contributed by atoms with Crippen LogP contribution < -0.4 is 4.72 Å². The topological polar surface area (TPSA) is 66.4 Å². The Balaban J connectivity index is 2.50. The number of aliphatic hydroxyl groups is 1. The molecule has 0 aliphatic carbocycles. The number of hydrogen-bond acceptors (Lipinski definition) is 3. The van der Waals surface area contributed by atoms with Gasteiger partial charge < -0.3 is 5.11 Å². The van der Waals surface area contributed by atoms with Gasteiger partial charge in [-0.25, -0.2) is 13.1 Å². The average Bonchev–Trinajstić information content (AvgIpc) is 2.37. The van der Waals surface area contributed by atoms with Crippen molar-refractivity contribution in [3.63, 3.8) is 0 Å². The summed E-state index contributed by atoms with van der Waals surface area (Å²) in [7, 11) is -3.73. The molecule has 8 heteroatoms. The summed E-state index contributed by atoms with van der Waals surface area (Å²) in [6.45, 7) is 1.51. The maximum atomic E-state index is 11.9. The molecule has 1 aromatic rings. The summed E-state index contributed by atoms with van der Waals surface area (Å²) in [5.41, 5.74) is 0.583. The van der Waals surface area contributed by atoms with Crippen LogP contribution in [-0.2, 0) is 10.0 Å². The Labute approximate surface area is 122 Å². The fourth-order valence-electron chi connectivity index (χ4n) is 1.67. The molecule has 0 bridgehead atoms. The minimum absolute atomic E-state index is 0.0164. The molecule has 0 radical (unpaired) electrons. The van der Waals surface area contributed by atoms with Crippen molar-refractivity contribution >= 4 is 10.0 Å². The van der Waals surface area contributed by atoms with Crippen molar-refractivity contribution in [2.75, 3.05) is 6.54 Å². The molecule has 0 saturated carbocycles. The lowest BCUT2D eigenvalue weighted by atomic mass is 10.1. The lowest BCUT2D eigenvalue weighted by Crippen LogP contribution is -2.25. The lowest BCUT2D eigenvalue weighted by Gasteiger charge is -2.09. The smallest absolute Gasteiger partial charge is 0.389 e. The Morgan fingerprint density at radius 2 is 1.76 bits per heavy atom. The van der Waals surface area contributed by atoms with Gasteiger partial charge in [0.05, 0.1) is 11.0 Å². The van der Waals surface area contributed by atoms with Gasteiger partial charge in [-0.15, -0.1) is 0 Å². The van der Waals surface area contributed by atoms with Crippen LogP contribution in [0.15, 0.2) is 29.2 Å². The maximum Gasteiger partial charge on any atom is 0.389 e. The molecule has 0 aliphatic rings. The van der Waals surface area contributed by atoms with Crippen LogP contribution in [0.4, 0.5) is 13.2 Å². The molecule has 0 fully saturated rings. The van der Waals surface area contributed by atoms with Crippen LogP contribution in [0.3, 0.4) is 0 Å². The first-order chi connectivity index (χ1) is 9.62. The van der Waals surface area contributed by atoms with E-state index in [0.717, 1.165) is 0 Å². The van der Waals surface area contributed by atoms with Crippen LogP contribution in [0.5, 0.6) is 0 Å². The number of hydrogen-bond donors (Lipinski definition) is 2. The molecular weight excluding hydrogens is 307 g/mol. The van der Waals surface area contributed by atoms with E-state index in [1.54, 1.807) is 6.92 Å². The molecule has 4 nitrogen and oxygen atoms in total. The predicted molar refractivity (Wildman–Crippen MR) is 72.2 cm³/mol. The first-order valence-corrected chi connectivity index (χ1v) is 7.94. The first kappa shape index (κ1) is 17.9. The second-order valence-corrected chi connectivity index (χ2v) is 6.48. The second-order valence-electron chi connectivity index (χ2n) is 4.72. The predicted octanol–water partition coefficient (Wildman–Crippen LogP) is 2.75. The summed E-state index contributed by atoms with van der Waals surface area (Å²) < 4.78 is 61.8. The highest BCUT2D eigenvalue weighted by Crippen LogP contribution is 2.22. The summed E-state index contributed by atoms with van der Waals surface area (Å²) in [5.74, 6) is 0. The molecule has 1 aromatic carbocycles. The van der Waals surface area contributed by atoms with Crippen molar-refractivity contribution in [2.45, 2.75) is 43.4 Å². The first-order valence-electron chi connectivity index (χ1n) is 6.46. The number of benzene rings is 1. The van der Waals surface area contributed by atoms with E-state index >= 15 is 0 Å². The molecule has 0 aliphatic heterocycles. The SMILES string of the molecule is CC(O)c1ccc(S(=O)(=O)NCCCCC(F)(F)F)cc1. The van der Waals surface area contributed by atoms with Crippen LogP contribution >= 0.6 is 0 Å². The van der Waals surface area contributed by atoms with Gasteiger partial charge in [-0.05, 0) is 37.5 Å². The minimum Gasteiger partial charge on any atom is -0.389 e. The monoisotopic (exact) mass is 325 g/mol. The second kappa shape index (κ2) is 7.24. The zero-order chi connectivity index (χ0) is 16.1. The van der Waals surface area contributed by atoms with Crippen molar-refractivity contribution in [1.29, 1.82) is 0 Å². The van der Waals surface area contributed by atoms with Gasteiger partial charge in [0.2, 0.25) is 10.0 Å². The number of halogens is 3. The fraction of sp³-hybridized carbons (Fsp3) is 0.538. The van der Waals surface area contributed by atoms with Gasteiger partial charge in [0, 0.05) is 13.0 Å². The van der Waals surface area contributed by atoms with Crippen molar-refractivity contribution in [3.8, 4) is 0 Å². The van der Waals surface area contributed by atoms with E-state index in [-0.39, 0.29) is 24.3 Å². The Hall–Kier alpha value is -1.12. The Bertz CT molecular complexity index is 539. The molecule has 1 rings (SSSR count). The van der Waals surface area contributed by atoms with Crippen molar-refractivity contribution in [3.05, 3.63) is 29.8 Å². The third kappa shape index (κ3) is 6.45. The van der Waals surface area contributed by atoms with E-state index in [0.29, 0.717) is 5.56 Å². The van der Waals surface area contributed by atoms with E-state index in [9.17, 15) is 26.7 Å². The highest BCUT2D eigenvalue weighted by molar-refractivity contribution is 7.89. The summed E-state index contributed by atoms with van der Waals surface area (Å²) in [4.78, 5) is 0.0164. The standard InChI is InChI=1S/C13H18F3NO3S/c1-10(18)11-4-6-12(7-5-11)21(19,20)17-9-3-2-8-13(14,15)16/h4-7,10,17-18H,2-3,8-9H2,1H3. The molecule has 0 heterocycles. The molecule has 1 atom stereocenters. The van der Waals surface area contributed by atoms with E-state index in [4.69, 9.17) is 0 Å². The summed E-state index contributed by atoms with van der Waals surface area (Å²) >= 11 is 0. The van der Waals surface area contributed by atoms with Crippen LogP contribution in [0.25, 0.3) is 0 Å². The van der Waals surface area contributed by atoms with E-state index < -0.39 is 28.7 Å². The summed E-state index contributed by atoms with van der Waals surface area (Å²) in [6.07, 6.45) is -5.83. The molecule has 21 heavy (non-hydrogen) atoms. The van der Waals surface area contributed by atoms with Crippen molar-refractivity contribution in [1.82, 2.24) is 4.72 Å². The lowest BCUT2D eigenvalue weighted by molar-refractivity contribution is -0.135. The Kier molecular flexibility index (Phi) is 6.18. The minimum atomic E-state index is -4.21.